The number of ether oxygens (including phenoxy) is 1. The molecule has 0 aliphatic carbocycles. The molecular weight excluding hydrogens is 330 g/mol. The van der Waals surface area contributed by atoms with Gasteiger partial charge in [-0.3, -0.25) is 9.69 Å². The predicted molar refractivity (Wildman–Crippen MR) is 99.8 cm³/mol. The monoisotopic (exact) mass is 357 g/mol. The van der Waals surface area contributed by atoms with Crippen LogP contribution in [0.2, 0.25) is 0 Å². The maximum atomic E-state index is 12.4. The van der Waals surface area contributed by atoms with Crippen molar-refractivity contribution in [3.63, 3.8) is 0 Å². The number of carbonyl (C=O) groups is 1. The van der Waals surface area contributed by atoms with Crippen LogP contribution in [0.25, 0.3) is 11.3 Å². The summed E-state index contributed by atoms with van der Waals surface area (Å²) in [6.45, 7) is 6.58. The molecule has 1 aliphatic rings. The Labute approximate surface area is 154 Å². The number of nitrogens with zero attached hydrogens (tertiary/aromatic N) is 3. The van der Waals surface area contributed by atoms with Crippen molar-refractivity contribution in [1.29, 1.82) is 0 Å². The van der Waals surface area contributed by atoms with Crippen molar-refractivity contribution >= 4 is 5.97 Å². The minimum atomic E-state index is -0.232. The number of likely N-dealkylation sites (N-methyl/N-ethyl adjacent to an activating group) is 1. The van der Waals surface area contributed by atoms with E-state index in [2.05, 4.69) is 22.0 Å². The number of aryl methyl sites for hydroxylation is 1. The van der Waals surface area contributed by atoms with Crippen molar-refractivity contribution in [2.45, 2.75) is 13.3 Å². The fourth-order valence-corrected chi connectivity index (χ4v) is 3.43. The van der Waals surface area contributed by atoms with Crippen molar-refractivity contribution in [1.82, 2.24) is 15.0 Å². The van der Waals surface area contributed by atoms with Crippen molar-refractivity contribution in [2.24, 2.45) is 5.92 Å². The van der Waals surface area contributed by atoms with Gasteiger partial charge >= 0.3 is 5.97 Å². The van der Waals surface area contributed by atoms with Gasteiger partial charge < -0.3 is 14.2 Å². The summed E-state index contributed by atoms with van der Waals surface area (Å²) in [7, 11) is 3.58. The Bertz CT molecular complexity index is 721. The summed E-state index contributed by atoms with van der Waals surface area (Å²) < 4.78 is 10.5. The molecule has 2 aromatic rings. The lowest BCUT2D eigenvalue weighted by Gasteiger charge is -2.34. The van der Waals surface area contributed by atoms with Crippen LogP contribution in [-0.2, 0) is 16.0 Å². The molecule has 1 aromatic heterocycles. The zero-order valence-corrected chi connectivity index (χ0v) is 15.8. The van der Waals surface area contributed by atoms with Crippen LogP contribution >= 0.6 is 0 Å². The largest absolute Gasteiger partial charge is 0.469 e. The molecule has 26 heavy (non-hydrogen) atoms. The van der Waals surface area contributed by atoms with E-state index in [0.29, 0.717) is 13.0 Å². The number of piperazine rings is 1. The first-order chi connectivity index (χ1) is 12.6. The summed E-state index contributed by atoms with van der Waals surface area (Å²) in [6.07, 6.45) is 0.568. The highest BCUT2D eigenvalue weighted by molar-refractivity contribution is 5.74. The SMILES string of the molecule is COC(=O)[C@H](Cc1c(-c2ccccc2)noc1C)CN1CCN(C)CC1. The second-order valence-electron chi connectivity index (χ2n) is 6.96. The second-order valence-corrected chi connectivity index (χ2v) is 6.96. The highest BCUT2D eigenvalue weighted by Gasteiger charge is 2.28. The molecule has 6 heteroatoms. The smallest absolute Gasteiger partial charge is 0.310 e. The third kappa shape index (κ3) is 4.31. The Morgan fingerprint density at radius 3 is 2.58 bits per heavy atom. The van der Waals surface area contributed by atoms with Gasteiger partial charge in [0.1, 0.15) is 11.5 Å². The molecule has 6 nitrogen and oxygen atoms in total. The van der Waals surface area contributed by atoms with Gasteiger partial charge in [0.15, 0.2) is 0 Å². The number of aromatic nitrogens is 1. The maximum Gasteiger partial charge on any atom is 0.310 e. The van der Waals surface area contributed by atoms with Crippen LogP contribution in [-0.4, -0.2) is 67.8 Å². The Kier molecular flexibility index (Phi) is 6.06. The van der Waals surface area contributed by atoms with Gasteiger partial charge in [-0.1, -0.05) is 35.5 Å². The van der Waals surface area contributed by atoms with Gasteiger partial charge in [0.05, 0.1) is 13.0 Å². The molecule has 1 saturated heterocycles. The molecule has 140 valence electrons. The van der Waals surface area contributed by atoms with E-state index in [4.69, 9.17) is 9.26 Å². The second kappa shape index (κ2) is 8.47. The number of carbonyl (C=O) groups excluding carboxylic acids is 1. The van der Waals surface area contributed by atoms with E-state index in [9.17, 15) is 4.79 Å². The van der Waals surface area contributed by atoms with Crippen molar-refractivity contribution in [3.8, 4) is 11.3 Å². The number of methoxy groups -OCH3 is 1. The molecule has 2 heterocycles. The molecule has 0 bridgehead atoms. The number of esters is 1. The Hall–Kier alpha value is -2.18. The summed E-state index contributed by atoms with van der Waals surface area (Å²) in [4.78, 5) is 17.1. The number of hydrogen-bond acceptors (Lipinski definition) is 6. The number of rotatable bonds is 6. The van der Waals surface area contributed by atoms with E-state index in [1.807, 2.05) is 37.3 Å². The fourth-order valence-electron chi connectivity index (χ4n) is 3.43. The molecule has 0 radical (unpaired) electrons. The van der Waals surface area contributed by atoms with E-state index in [0.717, 1.165) is 48.8 Å². The standard InChI is InChI=1S/C20H27N3O3/c1-15-18(19(21-26-15)16-7-5-4-6-8-16)13-17(20(24)25-3)14-23-11-9-22(2)10-12-23/h4-8,17H,9-14H2,1-3H3/t17-/m1/s1. The summed E-state index contributed by atoms with van der Waals surface area (Å²) >= 11 is 0. The van der Waals surface area contributed by atoms with Gasteiger partial charge in [-0.05, 0) is 20.4 Å². The zero-order chi connectivity index (χ0) is 18.5. The first kappa shape index (κ1) is 18.6. The van der Waals surface area contributed by atoms with Crippen molar-refractivity contribution in [3.05, 3.63) is 41.7 Å². The van der Waals surface area contributed by atoms with Crippen LogP contribution < -0.4 is 0 Å². The van der Waals surface area contributed by atoms with Crippen molar-refractivity contribution in [2.75, 3.05) is 46.9 Å². The summed E-state index contributed by atoms with van der Waals surface area (Å²) in [5.74, 6) is 0.351. The van der Waals surface area contributed by atoms with E-state index in [1.165, 1.54) is 7.11 Å². The molecule has 0 amide bonds. The third-order valence-corrected chi connectivity index (χ3v) is 5.09. The van der Waals surface area contributed by atoms with Crippen molar-refractivity contribution < 1.29 is 14.1 Å². The normalized spacial score (nSPS) is 17.2. The van der Waals surface area contributed by atoms with E-state index >= 15 is 0 Å². The summed E-state index contributed by atoms with van der Waals surface area (Å²) in [5.41, 5.74) is 2.80. The molecule has 1 aliphatic heterocycles. The van der Waals surface area contributed by atoms with Gasteiger partial charge in [0.2, 0.25) is 0 Å². The Morgan fingerprint density at radius 2 is 1.92 bits per heavy atom. The van der Waals surface area contributed by atoms with Crippen LogP contribution in [0.5, 0.6) is 0 Å². The maximum absolute atomic E-state index is 12.4. The highest BCUT2D eigenvalue weighted by Crippen LogP contribution is 2.28. The quantitative estimate of drug-likeness (QED) is 0.739. The van der Waals surface area contributed by atoms with Crippen LogP contribution in [0, 0.1) is 12.8 Å². The van der Waals surface area contributed by atoms with E-state index in [1.54, 1.807) is 0 Å². The van der Waals surface area contributed by atoms with Crippen LogP contribution in [0.3, 0.4) is 0 Å². The molecule has 1 aromatic carbocycles. The fraction of sp³-hybridized carbons (Fsp3) is 0.500. The van der Waals surface area contributed by atoms with E-state index < -0.39 is 0 Å². The first-order valence-corrected chi connectivity index (χ1v) is 9.07. The summed E-state index contributed by atoms with van der Waals surface area (Å²) in [5, 5.41) is 4.23. The number of hydrogen-bond donors (Lipinski definition) is 0. The average Bonchev–Trinajstić information content (AvgIpc) is 3.03. The zero-order valence-electron chi connectivity index (χ0n) is 15.8. The van der Waals surface area contributed by atoms with Gasteiger partial charge in [-0.2, -0.15) is 0 Å². The average molecular weight is 357 g/mol. The molecule has 1 atom stereocenters. The molecule has 3 rings (SSSR count). The van der Waals surface area contributed by atoms with Gasteiger partial charge in [0, 0.05) is 43.9 Å². The van der Waals surface area contributed by atoms with E-state index in [-0.39, 0.29) is 11.9 Å². The third-order valence-electron chi connectivity index (χ3n) is 5.09. The van der Waals surface area contributed by atoms with Gasteiger partial charge in [-0.25, -0.2) is 0 Å². The van der Waals surface area contributed by atoms with Gasteiger partial charge in [-0.15, -0.1) is 0 Å². The molecule has 0 saturated carbocycles. The Balaban J connectivity index is 1.79. The van der Waals surface area contributed by atoms with Crippen LogP contribution in [0.15, 0.2) is 34.9 Å². The Morgan fingerprint density at radius 1 is 1.23 bits per heavy atom. The topological polar surface area (TPSA) is 58.8 Å². The first-order valence-electron chi connectivity index (χ1n) is 9.07. The lowest BCUT2D eigenvalue weighted by atomic mass is 9.95. The summed E-state index contributed by atoms with van der Waals surface area (Å²) in [6, 6.07) is 9.94. The molecule has 1 fully saturated rings. The minimum Gasteiger partial charge on any atom is -0.469 e. The van der Waals surface area contributed by atoms with Crippen LogP contribution in [0.4, 0.5) is 0 Å². The molecule has 0 unspecified atom stereocenters. The number of benzene rings is 1. The molecule has 0 spiro atoms. The molecule has 0 N–H and O–H groups in total. The van der Waals surface area contributed by atoms with Gasteiger partial charge in [0.25, 0.3) is 0 Å². The van der Waals surface area contributed by atoms with Crippen LogP contribution in [0.1, 0.15) is 11.3 Å². The lowest BCUT2D eigenvalue weighted by molar-refractivity contribution is -0.146. The predicted octanol–water partition coefficient (Wildman–Crippen LogP) is 2.23. The highest BCUT2D eigenvalue weighted by atomic mass is 16.5. The lowest BCUT2D eigenvalue weighted by Crippen LogP contribution is -2.47. The minimum absolute atomic E-state index is 0.177. The molecular formula is C20H27N3O3.